The summed E-state index contributed by atoms with van der Waals surface area (Å²) in [6, 6.07) is 7.64. The zero-order valence-corrected chi connectivity index (χ0v) is 17.1. The Bertz CT molecular complexity index is 1120. The van der Waals surface area contributed by atoms with Crippen LogP contribution in [0.15, 0.2) is 33.9 Å². The molecule has 0 unspecified atom stereocenters. The third kappa shape index (κ3) is 4.71. The number of nitrogens with zero attached hydrogens (tertiary/aromatic N) is 3. The van der Waals surface area contributed by atoms with Gasteiger partial charge in [0.25, 0.3) is 5.56 Å². The molecule has 0 aliphatic carbocycles. The first kappa shape index (κ1) is 21.6. The van der Waals surface area contributed by atoms with Gasteiger partial charge in [-0.25, -0.2) is 4.79 Å². The van der Waals surface area contributed by atoms with E-state index in [0.717, 1.165) is 12.0 Å². The molecule has 0 saturated carbocycles. The molecule has 0 aliphatic heterocycles. The van der Waals surface area contributed by atoms with Gasteiger partial charge in [-0.2, -0.15) is 4.98 Å². The number of aliphatic hydroxyl groups excluding tert-OH is 2. The highest BCUT2D eigenvalue weighted by atomic mass is 16.5. The standard InChI is InChI=1S/C20H27N5O5/c1-3-13-6-4-7-15(10-13)30-12-14(27)11-25-16-17(22-19(25)21-8-5-9-26)24(2)20(29)23-18(16)28/h4,6-7,10,14,26-27H,3,5,8-9,11-12H2,1-2H3,(H,21,22)(H,23,28,29)/t14-/m0/s1. The number of aromatic nitrogens is 4. The number of imidazole rings is 1. The van der Waals surface area contributed by atoms with Crippen molar-refractivity contribution >= 4 is 17.1 Å². The topological polar surface area (TPSA) is 134 Å². The predicted octanol–water partition coefficient (Wildman–Crippen LogP) is 0.220. The Labute approximate surface area is 172 Å². The van der Waals surface area contributed by atoms with Gasteiger partial charge in [0.15, 0.2) is 11.2 Å². The lowest BCUT2D eigenvalue weighted by Gasteiger charge is -2.16. The molecule has 0 bridgehead atoms. The second-order valence-corrected chi connectivity index (χ2v) is 7.01. The number of aliphatic hydroxyl groups is 2. The lowest BCUT2D eigenvalue weighted by atomic mass is 10.2. The van der Waals surface area contributed by atoms with Gasteiger partial charge in [0.1, 0.15) is 18.5 Å². The normalized spacial score (nSPS) is 12.3. The van der Waals surface area contributed by atoms with Gasteiger partial charge < -0.3 is 24.8 Å². The molecule has 3 rings (SSSR count). The number of anilines is 1. The minimum atomic E-state index is -0.928. The van der Waals surface area contributed by atoms with E-state index in [9.17, 15) is 14.7 Å². The van der Waals surface area contributed by atoms with E-state index in [0.29, 0.717) is 24.7 Å². The molecule has 2 aromatic heterocycles. The van der Waals surface area contributed by atoms with Crippen molar-refractivity contribution in [1.82, 2.24) is 19.1 Å². The maximum absolute atomic E-state index is 12.4. The van der Waals surface area contributed by atoms with Gasteiger partial charge in [-0.05, 0) is 30.5 Å². The van der Waals surface area contributed by atoms with E-state index in [1.54, 1.807) is 0 Å². The summed E-state index contributed by atoms with van der Waals surface area (Å²) in [4.78, 5) is 31.0. The Morgan fingerprint density at radius 2 is 2.13 bits per heavy atom. The van der Waals surface area contributed by atoms with Crippen molar-refractivity contribution in [2.24, 2.45) is 7.05 Å². The molecular weight excluding hydrogens is 390 g/mol. The van der Waals surface area contributed by atoms with Gasteiger partial charge >= 0.3 is 5.69 Å². The fourth-order valence-electron chi connectivity index (χ4n) is 3.14. The summed E-state index contributed by atoms with van der Waals surface area (Å²) in [6.07, 6.45) is 0.436. The molecule has 0 saturated heterocycles. The van der Waals surface area contributed by atoms with E-state index in [4.69, 9.17) is 9.84 Å². The number of aryl methyl sites for hydroxylation is 2. The number of fused-ring (bicyclic) bond motifs is 1. The Morgan fingerprint density at radius 3 is 2.87 bits per heavy atom. The number of nitrogens with one attached hydrogen (secondary N) is 2. The number of H-pyrrole nitrogens is 1. The van der Waals surface area contributed by atoms with Crippen molar-refractivity contribution in [2.45, 2.75) is 32.4 Å². The predicted molar refractivity (Wildman–Crippen MR) is 113 cm³/mol. The van der Waals surface area contributed by atoms with Gasteiger partial charge in [0.05, 0.1) is 6.54 Å². The zero-order valence-electron chi connectivity index (χ0n) is 17.1. The number of benzene rings is 1. The molecule has 10 nitrogen and oxygen atoms in total. The van der Waals surface area contributed by atoms with Crippen LogP contribution >= 0.6 is 0 Å². The van der Waals surface area contributed by atoms with Crippen LogP contribution in [0, 0.1) is 0 Å². The SMILES string of the molecule is CCc1cccc(OC[C@@H](O)Cn2c(NCCCO)nc3c2c(=O)[nH]c(=O)n3C)c1. The van der Waals surface area contributed by atoms with Crippen molar-refractivity contribution in [3.05, 3.63) is 50.7 Å². The minimum absolute atomic E-state index is 0.000410. The molecule has 10 heteroatoms. The maximum Gasteiger partial charge on any atom is 0.329 e. The summed E-state index contributed by atoms with van der Waals surface area (Å²) in [5.41, 5.74) is 0.360. The highest BCUT2D eigenvalue weighted by Crippen LogP contribution is 2.17. The van der Waals surface area contributed by atoms with Crippen molar-refractivity contribution < 1.29 is 14.9 Å². The molecule has 0 radical (unpaired) electrons. The summed E-state index contributed by atoms with van der Waals surface area (Å²) >= 11 is 0. The van der Waals surface area contributed by atoms with Crippen molar-refractivity contribution in [2.75, 3.05) is 25.1 Å². The first-order chi connectivity index (χ1) is 14.4. The van der Waals surface area contributed by atoms with Crippen LogP contribution in [-0.2, 0) is 20.0 Å². The average Bonchev–Trinajstić information content (AvgIpc) is 3.09. The largest absolute Gasteiger partial charge is 0.491 e. The average molecular weight is 417 g/mol. The second kappa shape index (κ2) is 9.59. The Balaban J connectivity index is 1.85. The van der Waals surface area contributed by atoms with E-state index in [2.05, 4.69) is 15.3 Å². The number of hydrogen-bond donors (Lipinski definition) is 4. The van der Waals surface area contributed by atoms with Crippen molar-refractivity contribution in [1.29, 1.82) is 0 Å². The third-order valence-corrected chi connectivity index (χ3v) is 4.77. The fourth-order valence-corrected chi connectivity index (χ4v) is 3.14. The summed E-state index contributed by atoms with van der Waals surface area (Å²) in [6.45, 7) is 2.52. The van der Waals surface area contributed by atoms with E-state index in [1.165, 1.54) is 16.2 Å². The number of ether oxygens (including phenoxy) is 1. The van der Waals surface area contributed by atoms with Crippen LogP contribution in [-0.4, -0.2) is 55.2 Å². The highest BCUT2D eigenvalue weighted by Gasteiger charge is 2.19. The quantitative estimate of drug-likeness (QED) is 0.347. The molecule has 0 amide bonds. The maximum atomic E-state index is 12.4. The molecule has 162 valence electrons. The van der Waals surface area contributed by atoms with Crippen LogP contribution in [0.4, 0.5) is 5.95 Å². The van der Waals surface area contributed by atoms with Crippen molar-refractivity contribution in [3.8, 4) is 5.75 Å². The molecule has 3 aromatic rings. The van der Waals surface area contributed by atoms with Gasteiger partial charge in [-0.3, -0.25) is 14.3 Å². The van der Waals surface area contributed by atoms with Crippen LogP contribution in [0.3, 0.4) is 0 Å². The number of aromatic amines is 1. The van der Waals surface area contributed by atoms with E-state index in [-0.39, 0.29) is 30.9 Å². The molecule has 1 aromatic carbocycles. The second-order valence-electron chi connectivity index (χ2n) is 7.01. The van der Waals surface area contributed by atoms with Crippen LogP contribution in [0.5, 0.6) is 5.75 Å². The first-order valence-corrected chi connectivity index (χ1v) is 9.88. The molecule has 30 heavy (non-hydrogen) atoms. The van der Waals surface area contributed by atoms with E-state index < -0.39 is 17.4 Å². The highest BCUT2D eigenvalue weighted by molar-refractivity contribution is 5.74. The summed E-state index contributed by atoms with van der Waals surface area (Å²) in [5.74, 6) is 0.989. The van der Waals surface area contributed by atoms with Crippen LogP contribution in [0.1, 0.15) is 18.9 Å². The zero-order chi connectivity index (χ0) is 21.7. The number of rotatable bonds is 10. The fraction of sp³-hybridized carbons (Fsp3) is 0.450. The van der Waals surface area contributed by atoms with Crippen LogP contribution in [0.25, 0.3) is 11.2 Å². The molecular formula is C20H27N5O5. The molecule has 2 heterocycles. The lowest BCUT2D eigenvalue weighted by molar-refractivity contribution is 0.0938. The number of hydrogen-bond acceptors (Lipinski definition) is 7. The third-order valence-electron chi connectivity index (χ3n) is 4.77. The monoisotopic (exact) mass is 417 g/mol. The molecule has 0 fully saturated rings. The summed E-state index contributed by atoms with van der Waals surface area (Å²) in [5, 5.41) is 22.6. The molecule has 0 aliphatic rings. The van der Waals surface area contributed by atoms with Gasteiger partial charge in [0.2, 0.25) is 5.95 Å². The lowest BCUT2D eigenvalue weighted by Crippen LogP contribution is -2.31. The Kier molecular flexibility index (Phi) is 6.91. The van der Waals surface area contributed by atoms with Gasteiger partial charge in [-0.15, -0.1) is 0 Å². The van der Waals surface area contributed by atoms with Gasteiger partial charge in [0, 0.05) is 20.2 Å². The Morgan fingerprint density at radius 1 is 1.33 bits per heavy atom. The summed E-state index contributed by atoms with van der Waals surface area (Å²) in [7, 11) is 1.51. The molecule has 0 spiro atoms. The Hall–Kier alpha value is -3.11. The summed E-state index contributed by atoms with van der Waals surface area (Å²) < 4.78 is 8.47. The van der Waals surface area contributed by atoms with Crippen LogP contribution in [0.2, 0.25) is 0 Å². The van der Waals surface area contributed by atoms with Gasteiger partial charge in [-0.1, -0.05) is 19.1 Å². The van der Waals surface area contributed by atoms with E-state index >= 15 is 0 Å². The first-order valence-electron chi connectivity index (χ1n) is 9.88. The minimum Gasteiger partial charge on any atom is -0.491 e. The smallest absolute Gasteiger partial charge is 0.329 e. The molecule has 4 N–H and O–H groups in total. The molecule has 1 atom stereocenters. The van der Waals surface area contributed by atoms with Crippen LogP contribution < -0.4 is 21.3 Å². The van der Waals surface area contributed by atoms with Crippen molar-refractivity contribution in [3.63, 3.8) is 0 Å². The van der Waals surface area contributed by atoms with E-state index in [1.807, 2.05) is 31.2 Å².